The van der Waals surface area contributed by atoms with Gasteiger partial charge < -0.3 is 10.1 Å². The third kappa shape index (κ3) is 2.02. The Balaban J connectivity index is 3.17. The maximum atomic E-state index is 10.8. The summed E-state index contributed by atoms with van der Waals surface area (Å²) in [5, 5.41) is 11.4. The Hall–Kier alpha value is -2.02. The molecule has 0 aliphatic carbocycles. The average Bonchev–Trinajstić information content (AvgIpc) is 2.16. The van der Waals surface area contributed by atoms with Crippen molar-refractivity contribution in [3.63, 3.8) is 0 Å². The molecule has 0 atom stereocenters. The summed E-state index contributed by atoms with van der Waals surface area (Å²) in [7, 11) is 1.48. The fourth-order valence-electron chi connectivity index (χ4n) is 1.11. The Bertz CT molecular complexity index is 394. The molecule has 0 aliphatic rings. The van der Waals surface area contributed by atoms with E-state index in [1.165, 1.54) is 14.0 Å². The number of amides is 1. The standard InChI is InChI=1S/C10H10N2O2/c1-7(13)12-9-4-3-5-10(14-2)8(9)6-11/h3-5H,1-2H3,(H,12,13). The molecule has 4 nitrogen and oxygen atoms in total. The third-order valence-corrected chi connectivity index (χ3v) is 1.67. The molecular weight excluding hydrogens is 180 g/mol. The summed E-state index contributed by atoms with van der Waals surface area (Å²) in [4.78, 5) is 10.8. The lowest BCUT2D eigenvalue weighted by Crippen LogP contribution is -2.07. The zero-order valence-electron chi connectivity index (χ0n) is 8.00. The first-order valence-corrected chi connectivity index (χ1v) is 4.03. The molecule has 0 fully saturated rings. The normalized spacial score (nSPS) is 8.93. The maximum absolute atomic E-state index is 10.8. The van der Waals surface area contributed by atoms with E-state index in [1.54, 1.807) is 18.2 Å². The topological polar surface area (TPSA) is 62.1 Å². The van der Waals surface area contributed by atoms with Crippen molar-refractivity contribution in [3.8, 4) is 11.8 Å². The first-order valence-electron chi connectivity index (χ1n) is 4.03. The number of nitrogens with zero attached hydrogens (tertiary/aromatic N) is 1. The highest BCUT2D eigenvalue weighted by molar-refractivity contribution is 5.90. The fraction of sp³-hybridized carbons (Fsp3) is 0.200. The molecule has 1 aromatic carbocycles. The van der Waals surface area contributed by atoms with Gasteiger partial charge in [-0.3, -0.25) is 4.79 Å². The molecule has 1 amide bonds. The Labute approximate surface area is 82.1 Å². The maximum Gasteiger partial charge on any atom is 0.221 e. The van der Waals surface area contributed by atoms with Crippen LogP contribution in [0, 0.1) is 11.3 Å². The van der Waals surface area contributed by atoms with Gasteiger partial charge in [0, 0.05) is 6.92 Å². The van der Waals surface area contributed by atoms with E-state index in [9.17, 15) is 4.79 Å². The molecule has 0 saturated heterocycles. The first-order chi connectivity index (χ1) is 6.69. The van der Waals surface area contributed by atoms with Gasteiger partial charge in [-0.15, -0.1) is 0 Å². The SMILES string of the molecule is COc1cccc(NC(C)=O)c1C#N. The molecule has 14 heavy (non-hydrogen) atoms. The van der Waals surface area contributed by atoms with E-state index in [4.69, 9.17) is 10.00 Å². The summed E-state index contributed by atoms with van der Waals surface area (Å²) in [6.45, 7) is 1.39. The number of nitriles is 1. The van der Waals surface area contributed by atoms with E-state index in [-0.39, 0.29) is 5.91 Å². The lowest BCUT2D eigenvalue weighted by Gasteiger charge is -2.07. The van der Waals surface area contributed by atoms with Gasteiger partial charge in [0.15, 0.2) is 0 Å². The van der Waals surface area contributed by atoms with Crippen molar-refractivity contribution >= 4 is 11.6 Å². The second kappa shape index (κ2) is 4.28. The zero-order chi connectivity index (χ0) is 10.6. The van der Waals surface area contributed by atoms with Gasteiger partial charge in [0.25, 0.3) is 0 Å². The molecule has 1 aromatic rings. The third-order valence-electron chi connectivity index (χ3n) is 1.67. The molecule has 1 rings (SSSR count). The number of benzene rings is 1. The van der Waals surface area contributed by atoms with Gasteiger partial charge in [0.05, 0.1) is 12.8 Å². The van der Waals surface area contributed by atoms with E-state index < -0.39 is 0 Å². The monoisotopic (exact) mass is 190 g/mol. The van der Waals surface area contributed by atoms with Gasteiger partial charge in [0.2, 0.25) is 5.91 Å². The number of rotatable bonds is 2. The van der Waals surface area contributed by atoms with Crippen molar-refractivity contribution in [1.29, 1.82) is 5.26 Å². The predicted octanol–water partition coefficient (Wildman–Crippen LogP) is 1.53. The van der Waals surface area contributed by atoms with Crippen LogP contribution in [0.4, 0.5) is 5.69 Å². The summed E-state index contributed by atoms with van der Waals surface area (Å²) < 4.78 is 4.98. The van der Waals surface area contributed by atoms with Crippen LogP contribution in [-0.4, -0.2) is 13.0 Å². The minimum Gasteiger partial charge on any atom is -0.495 e. The Morgan fingerprint density at radius 2 is 2.29 bits per heavy atom. The van der Waals surface area contributed by atoms with Crippen molar-refractivity contribution in [2.75, 3.05) is 12.4 Å². The van der Waals surface area contributed by atoms with Crippen LogP contribution in [-0.2, 0) is 4.79 Å². The molecular formula is C10H10N2O2. The number of anilines is 1. The number of ether oxygens (including phenoxy) is 1. The summed E-state index contributed by atoms with van der Waals surface area (Å²) in [6, 6.07) is 7.02. The molecule has 0 aromatic heterocycles. The van der Waals surface area contributed by atoms with Gasteiger partial charge in [-0.25, -0.2) is 0 Å². The number of carbonyl (C=O) groups excluding carboxylic acids is 1. The number of methoxy groups -OCH3 is 1. The van der Waals surface area contributed by atoms with Crippen molar-refractivity contribution in [2.24, 2.45) is 0 Å². The molecule has 0 aliphatic heterocycles. The van der Waals surface area contributed by atoms with E-state index in [1.807, 2.05) is 6.07 Å². The summed E-state index contributed by atoms with van der Waals surface area (Å²) in [5.41, 5.74) is 0.810. The van der Waals surface area contributed by atoms with Gasteiger partial charge in [-0.1, -0.05) is 6.07 Å². The van der Waals surface area contributed by atoms with Crippen LogP contribution < -0.4 is 10.1 Å². The lowest BCUT2D eigenvalue weighted by atomic mass is 10.1. The van der Waals surface area contributed by atoms with Crippen LogP contribution >= 0.6 is 0 Å². The van der Waals surface area contributed by atoms with Crippen LogP contribution in [0.5, 0.6) is 5.75 Å². The van der Waals surface area contributed by atoms with Crippen LogP contribution in [0.15, 0.2) is 18.2 Å². The highest BCUT2D eigenvalue weighted by Crippen LogP contribution is 2.24. The molecule has 0 bridgehead atoms. The van der Waals surface area contributed by atoms with Crippen LogP contribution in [0.2, 0.25) is 0 Å². The Kier molecular flexibility index (Phi) is 3.08. The number of carbonyl (C=O) groups is 1. The number of hydrogen-bond acceptors (Lipinski definition) is 3. The Morgan fingerprint density at radius 1 is 1.57 bits per heavy atom. The molecule has 0 heterocycles. The molecule has 0 spiro atoms. The number of nitrogens with one attached hydrogen (secondary N) is 1. The van der Waals surface area contributed by atoms with Crippen molar-refractivity contribution in [1.82, 2.24) is 0 Å². The van der Waals surface area contributed by atoms with Gasteiger partial charge in [0.1, 0.15) is 17.4 Å². The summed E-state index contributed by atoms with van der Waals surface area (Å²) in [5.74, 6) is 0.244. The predicted molar refractivity (Wildman–Crippen MR) is 52.0 cm³/mol. The summed E-state index contributed by atoms with van der Waals surface area (Å²) in [6.07, 6.45) is 0. The molecule has 72 valence electrons. The second-order valence-electron chi connectivity index (χ2n) is 2.68. The van der Waals surface area contributed by atoms with E-state index in [2.05, 4.69) is 5.32 Å². The fourth-order valence-corrected chi connectivity index (χ4v) is 1.11. The lowest BCUT2D eigenvalue weighted by molar-refractivity contribution is -0.114. The highest BCUT2D eigenvalue weighted by Gasteiger charge is 2.08. The molecule has 0 saturated carbocycles. The zero-order valence-corrected chi connectivity index (χ0v) is 8.00. The number of hydrogen-bond donors (Lipinski definition) is 1. The smallest absolute Gasteiger partial charge is 0.221 e. The van der Waals surface area contributed by atoms with Crippen LogP contribution in [0.1, 0.15) is 12.5 Å². The van der Waals surface area contributed by atoms with E-state index in [0.717, 1.165) is 0 Å². The van der Waals surface area contributed by atoms with Crippen molar-refractivity contribution < 1.29 is 9.53 Å². The minimum atomic E-state index is -0.213. The molecule has 4 heteroatoms. The van der Waals surface area contributed by atoms with E-state index in [0.29, 0.717) is 17.0 Å². The van der Waals surface area contributed by atoms with Gasteiger partial charge >= 0.3 is 0 Å². The van der Waals surface area contributed by atoms with Crippen molar-refractivity contribution in [3.05, 3.63) is 23.8 Å². The highest BCUT2D eigenvalue weighted by atomic mass is 16.5. The van der Waals surface area contributed by atoms with Gasteiger partial charge in [-0.05, 0) is 12.1 Å². The average molecular weight is 190 g/mol. The minimum absolute atomic E-state index is 0.213. The molecule has 0 radical (unpaired) electrons. The molecule has 0 unspecified atom stereocenters. The largest absolute Gasteiger partial charge is 0.495 e. The van der Waals surface area contributed by atoms with Crippen LogP contribution in [0.25, 0.3) is 0 Å². The Morgan fingerprint density at radius 3 is 2.79 bits per heavy atom. The molecule has 1 N–H and O–H groups in total. The quantitative estimate of drug-likeness (QED) is 0.769. The first kappa shape index (κ1) is 10.1. The van der Waals surface area contributed by atoms with Gasteiger partial charge in [-0.2, -0.15) is 5.26 Å². The summed E-state index contributed by atoms with van der Waals surface area (Å²) >= 11 is 0. The van der Waals surface area contributed by atoms with Crippen molar-refractivity contribution in [2.45, 2.75) is 6.92 Å². The van der Waals surface area contributed by atoms with E-state index >= 15 is 0 Å². The van der Waals surface area contributed by atoms with Crippen LogP contribution in [0.3, 0.4) is 0 Å². The second-order valence-corrected chi connectivity index (χ2v) is 2.68.